The van der Waals surface area contributed by atoms with Crippen LogP contribution < -0.4 is 4.74 Å². The van der Waals surface area contributed by atoms with E-state index in [4.69, 9.17) is 0 Å². The molecule has 0 amide bonds. The lowest BCUT2D eigenvalue weighted by Crippen LogP contribution is -1.88. The van der Waals surface area contributed by atoms with Crippen molar-refractivity contribution < 1.29 is 14.8 Å². The van der Waals surface area contributed by atoms with E-state index in [1.54, 1.807) is 0 Å². The summed E-state index contributed by atoms with van der Waals surface area (Å²) in [5, 5.41) is 21.1. The molecular weight excluding hydrogens is 162 g/mol. The first-order chi connectivity index (χ1) is 5.65. The number of ether oxygens (including phenoxy) is 1. The molecule has 12 heavy (non-hydrogen) atoms. The van der Waals surface area contributed by atoms with Gasteiger partial charge in [0, 0.05) is 6.07 Å². The second-order valence-corrected chi connectivity index (χ2v) is 2.09. The van der Waals surface area contributed by atoms with Gasteiger partial charge in [0.15, 0.2) is 5.75 Å². The van der Waals surface area contributed by atoms with E-state index in [0.717, 1.165) is 6.07 Å². The molecule has 0 aliphatic rings. The third kappa shape index (κ3) is 1.45. The summed E-state index contributed by atoms with van der Waals surface area (Å²) in [4.78, 5) is 9.55. The van der Waals surface area contributed by atoms with Crippen molar-refractivity contribution in [3.05, 3.63) is 28.3 Å². The number of benzene rings is 1. The maximum atomic E-state index is 10.9. The Balaban J connectivity index is 3.10. The Morgan fingerprint density at radius 2 is 2.17 bits per heavy atom. The van der Waals surface area contributed by atoms with Gasteiger partial charge in [-0.3, -0.25) is 15.2 Å². The molecule has 0 spiro atoms. The van der Waals surface area contributed by atoms with Gasteiger partial charge in [-0.2, -0.15) is 0 Å². The summed E-state index contributed by atoms with van der Waals surface area (Å²) in [6.07, 6.45) is 0. The van der Waals surface area contributed by atoms with E-state index in [-0.39, 0.29) is 11.4 Å². The van der Waals surface area contributed by atoms with Crippen LogP contribution in [0, 0.1) is 10.1 Å². The minimum atomic E-state index is -0.624. The Morgan fingerprint density at radius 1 is 1.50 bits per heavy atom. The van der Waals surface area contributed by atoms with Gasteiger partial charge in [0.2, 0.25) is 5.75 Å². The number of nitro benzene ring substituents is 1. The fourth-order valence-electron chi connectivity index (χ4n) is 0.779. The van der Waals surface area contributed by atoms with E-state index in [0.29, 0.717) is 0 Å². The zero-order valence-corrected chi connectivity index (χ0v) is 6.31. The highest BCUT2D eigenvalue weighted by atomic mass is 16.6. The van der Waals surface area contributed by atoms with Crippen LogP contribution in [0.15, 0.2) is 18.2 Å². The third-order valence-electron chi connectivity index (χ3n) is 1.36. The SMILES string of the molecule is COc1ccc([N+](=O)[O-])cc1[O]. The second-order valence-electron chi connectivity index (χ2n) is 2.09. The molecule has 0 aliphatic carbocycles. The van der Waals surface area contributed by atoms with Gasteiger partial charge in [-0.1, -0.05) is 0 Å². The molecular formula is C7H6NO4. The quantitative estimate of drug-likeness (QED) is 0.498. The largest absolute Gasteiger partial charge is 0.493 e. The molecule has 63 valence electrons. The number of methoxy groups -OCH3 is 1. The van der Waals surface area contributed by atoms with Crippen molar-refractivity contribution in [1.29, 1.82) is 0 Å². The lowest BCUT2D eigenvalue weighted by Gasteiger charge is -1.98. The van der Waals surface area contributed by atoms with Crippen molar-refractivity contribution in [2.24, 2.45) is 0 Å². The Kier molecular flexibility index (Phi) is 2.14. The molecule has 1 radical (unpaired) electrons. The molecule has 0 bridgehead atoms. The number of nitrogens with zero attached hydrogens (tertiary/aromatic N) is 1. The monoisotopic (exact) mass is 168 g/mol. The average Bonchev–Trinajstić information content (AvgIpc) is 2.04. The molecule has 5 nitrogen and oxygen atoms in total. The predicted molar refractivity (Wildman–Crippen MR) is 39.8 cm³/mol. The molecule has 1 aromatic rings. The van der Waals surface area contributed by atoms with Crippen LogP contribution in [0.3, 0.4) is 0 Å². The molecule has 1 aromatic carbocycles. The Labute approximate surface area is 68.4 Å². The molecule has 0 saturated heterocycles. The molecule has 0 aromatic heterocycles. The smallest absolute Gasteiger partial charge is 0.273 e. The van der Waals surface area contributed by atoms with Crippen molar-refractivity contribution in [2.45, 2.75) is 0 Å². The maximum absolute atomic E-state index is 10.9. The maximum Gasteiger partial charge on any atom is 0.273 e. The zero-order chi connectivity index (χ0) is 9.14. The second kappa shape index (κ2) is 3.08. The first-order valence-corrected chi connectivity index (χ1v) is 3.14. The van der Waals surface area contributed by atoms with Crippen LogP contribution in [0.4, 0.5) is 5.69 Å². The lowest BCUT2D eigenvalue weighted by atomic mass is 10.3. The minimum Gasteiger partial charge on any atom is -0.493 e. The van der Waals surface area contributed by atoms with Crippen LogP contribution in [-0.2, 0) is 5.11 Å². The molecule has 0 saturated carbocycles. The van der Waals surface area contributed by atoms with Crippen molar-refractivity contribution in [3.63, 3.8) is 0 Å². The summed E-state index contributed by atoms with van der Waals surface area (Å²) in [5.74, 6) is -0.368. The summed E-state index contributed by atoms with van der Waals surface area (Å²) in [7, 11) is 1.34. The van der Waals surface area contributed by atoms with Crippen molar-refractivity contribution in [2.75, 3.05) is 7.11 Å². The van der Waals surface area contributed by atoms with E-state index in [9.17, 15) is 15.2 Å². The molecule has 0 unspecified atom stereocenters. The Morgan fingerprint density at radius 3 is 2.58 bits per heavy atom. The molecule has 0 N–H and O–H groups in total. The molecule has 0 atom stereocenters. The third-order valence-corrected chi connectivity index (χ3v) is 1.36. The highest BCUT2D eigenvalue weighted by Gasteiger charge is 2.10. The molecule has 0 fully saturated rings. The topological polar surface area (TPSA) is 72.3 Å². The summed E-state index contributed by atoms with van der Waals surface area (Å²) in [5.41, 5.74) is -0.221. The van der Waals surface area contributed by atoms with Gasteiger partial charge in [-0.05, 0) is 6.07 Å². The summed E-state index contributed by atoms with van der Waals surface area (Å²) < 4.78 is 4.64. The van der Waals surface area contributed by atoms with Gasteiger partial charge < -0.3 is 4.74 Å². The first kappa shape index (κ1) is 8.32. The standard InChI is InChI=1S/C7H6NO4/c1-12-7-3-2-5(8(10)11)4-6(7)9/h2-4H,1H3. The van der Waals surface area contributed by atoms with Crippen LogP contribution in [-0.4, -0.2) is 12.0 Å². The van der Waals surface area contributed by atoms with Gasteiger partial charge in [-0.25, -0.2) is 0 Å². The molecule has 0 heterocycles. The fourth-order valence-corrected chi connectivity index (χ4v) is 0.779. The minimum absolute atomic E-state index is 0.112. The predicted octanol–water partition coefficient (Wildman–Crippen LogP) is 1.75. The van der Waals surface area contributed by atoms with E-state index >= 15 is 0 Å². The Hall–Kier alpha value is -1.78. The molecule has 1 rings (SSSR count). The van der Waals surface area contributed by atoms with Crippen molar-refractivity contribution in [3.8, 4) is 11.5 Å². The Bertz CT molecular complexity index is 310. The number of hydrogen-bond donors (Lipinski definition) is 0. The summed E-state index contributed by atoms with van der Waals surface area (Å²) >= 11 is 0. The van der Waals surface area contributed by atoms with Crippen LogP contribution in [0.1, 0.15) is 0 Å². The van der Waals surface area contributed by atoms with Crippen LogP contribution in [0.25, 0.3) is 0 Å². The first-order valence-electron chi connectivity index (χ1n) is 3.14. The number of rotatable bonds is 2. The highest BCUT2D eigenvalue weighted by molar-refractivity contribution is 5.47. The zero-order valence-electron chi connectivity index (χ0n) is 6.31. The number of hydrogen-bond acceptors (Lipinski definition) is 3. The lowest BCUT2D eigenvalue weighted by molar-refractivity contribution is -0.385. The molecule has 0 aliphatic heterocycles. The summed E-state index contributed by atoms with van der Waals surface area (Å²) in [6, 6.07) is 3.43. The van der Waals surface area contributed by atoms with E-state index in [1.807, 2.05) is 0 Å². The van der Waals surface area contributed by atoms with Gasteiger partial charge in [0.05, 0.1) is 18.1 Å². The average molecular weight is 168 g/mol. The van der Waals surface area contributed by atoms with Gasteiger partial charge in [0.1, 0.15) is 0 Å². The fraction of sp³-hybridized carbons (Fsp3) is 0.143. The molecule has 5 heteroatoms. The van der Waals surface area contributed by atoms with Gasteiger partial charge in [-0.15, -0.1) is 0 Å². The summed E-state index contributed by atoms with van der Waals surface area (Å²) in [6.45, 7) is 0. The van der Waals surface area contributed by atoms with E-state index in [2.05, 4.69) is 4.74 Å². The van der Waals surface area contributed by atoms with Crippen molar-refractivity contribution >= 4 is 5.69 Å². The van der Waals surface area contributed by atoms with Crippen LogP contribution in [0.5, 0.6) is 11.5 Å². The normalized spacial score (nSPS) is 9.42. The van der Waals surface area contributed by atoms with E-state index in [1.165, 1.54) is 19.2 Å². The number of non-ortho nitro benzene ring substituents is 1. The number of nitro groups is 1. The van der Waals surface area contributed by atoms with Gasteiger partial charge >= 0.3 is 0 Å². The van der Waals surface area contributed by atoms with Crippen molar-refractivity contribution in [1.82, 2.24) is 0 Å². The van der Waals surface area contributed by atoms with Gasteiger partial charge in [0.25, 0.3) is 5.69 Å². The van der Waals surface area contributed by atoms with Crippen LogP contribution >= 0.6 is 0 Å². The van der Waals surface area contributed by atoms with Crippen LogP contribution in [0.2, 0.25) is 0 Å². The van der Waals surface area contributed by atoms with E-state index < -0.39 is 10.7 Å². The highest BCUT2D eigenvalue weighted by Crippen LogP contribution is 2.29.